The SMILES string of the molecule is NCC1CCn2c(nnc2-c2ccc(O)cc2)C1. The quantitative estimate of drug-likeness (QED) is 0.831. The Hall–Kier alpha value is -1.88. The Labute approximate surface area is 105 Å². The summed E-state index contributed by atoms with van der Waals surface area (Å²) in [7, 11) is 0. The zero-order valence-electron chi connectivity index (χ0n) is 10.1. The van der Waals surface area contributed by atoms with Crippen molar-refractivity contribution in [3.8, 4) is 17.1 Å². The van der Waals surface area contributed by atoms with Gasteiger partial charge in [0.05, 0.1) is 0 Å². The van der Waals surface area contributed by atoms with Gasteiger partial charge in [0.1, 0.15) is 11.6 Å². The van der Waals surface area contributed by atoms with Crippen molar-refractivity contribution in [3.05, 3.63) is 30.1 Å². The van der Waals surface area contributed by atoms with Gasteiger partial charge in [-0.1, -0.05) is 0 Å². The first-order valence-corrected chi connectivity index (χ1v) is 6.19. The van der Waals surface area contributed by atoms with Crippen molar-refractivity contribution in [1.29, 1.82) is 0 Å². The summed E-state index contributed by atoms with van der Waals surface area (Å²) in [6.45, 7) is 1.63. The first-order chi connectivity index (χ1) is 8.78. The molecule has 1 unspecified atom stereocenters. The molecule has 0 aliphatic carbocycles. The van der Waals surface area contributed by atoms with Gasteiger partial charge in [-0.25, -0.2) is 0 Å². The van der Waals surface area contributed by atoms with Crippen LogP contribution in [-0.4, -0.2) is 26.4 Å². The molecule has 1 aliphatic heterocycles. The van der Waals surface area contributed by atoms with Gasteiger partial charge in [-0.3, -0.25) is 0 Å². The second-order valence-electron chi connectivity index (χ2n) is 4.73. The molecule has 94 valence electrons. The molecule has 1 aliphatic rings. The molecule has 0 bridgehead atoms. The van der Waals surface area contributed by atoms with Gasteiger partial charge in [0.15, 0.2) is 5.82 Å². The highest BCUT2D eigenvalue weighted by atomic mass is 16.3. The largest absolute Gasteiger partial charge is 0.508 e. The van der Waals surface area contributed by atoms with E-state index in [1.54, 1.807) is 12.1 Å². The number of nitrogens with zero attached hydrogens (tertiary/aromatic N) is 3. The van der Waals surface area contributed by atoms with Crippen LogP contribution in [-0.2, 0) is 13.0 Å². The molecule has 2 heterocycles. The van der Waals surface area contributed by atoms with Crippen LogP contribution in [0.15, 0.2) is 24.3 Å². The van der Waals surface area contributed by atoms with Gasteiger partial charge in [-0.2, -0.15) is 0 Å². The third-order valence-electron chi connectivity index (χ3n) is 3.52. The molecule has 1 atom stereocenters. The molecular formula is C13H16N4O. The van der Waals surface area contributed by atoms with E-state index >= 15 is 0 Å². The maximum absolute atomic E-state index is 9.30. The monoisotopic (exact) mass is 244 g/mol. The lowest BCUT2D eigenvalue weighted by atomic mass is 9.98. The molecule has 0 saturated carbocycles. The number of nitrogens with two attached hydrogens (primary N) is 1. The Kier molecular flexibility index (Phi) is 2.76. The number of aromatic nitrogens is 3. The molecule has 1 aromatic heterocycles. The molecule has 0 fully saturated rings. The summed E-state index contributed by atoms with van der Waals surface area (Å²) in [4.78, 5) is 0. The third-order valence-corrected chi connectivity index (χ3v) is 3.52. The van der Waals surface area contributed by atoms with Crippen molar-refractivity contribution in [2.75, 3.05) is 6.54 Å². The minimum Gasteiger partial charge on any atom is -0.508 e. The lowest BCUT2D eigenvalue weighted by molar-refractivity contribution is 0.391. The lowest BCUT2D eigenvalue weighted by Gasteiger charge is -2.22. The number of aromatic hydroxyl groups is 1. The molecule has 2 aromatic rings. The summed E-state index contributed by atoms with van der Waals surface area (Å²) >= 11 is 0. The Morgan fingerprint density at radius 1 is 1.28 bits per heavy atom. The summed E-state index contributed by atoms with van der Waals surface area (Å²) in [6, 6.07) is 7.06. The third kappa shape index (κ3) is 1.86. The average molecular weight is 244 g/mol. The highest BCUT2D eigenvalue weighted by Crippen LogP contribution is 2.26. The van der Waals surface area contributed by atoms with Crippen molar-refractivity contribution in [2.45, 2.75) is 19.4 Å². The second kappa shape index (κ2) is 4.42. The topological polar surface area (TPSA) is 77.0 Å². The van der Waals surface area contributed by atoms with Crippen LogP contribution in [0, 0.1) is 5.92 Å². The number of hydrogen-bond donors (Lipinski definition) is 2. The van der Waals surface area contributed by atoms with E-state index < -0.39 is 0 Å². The molecule has 1 aromatic carbocycles. The zero-order chi connectivity index (χ0) is 12.5. The predicted octanol–water partition coefficient (Wildman–Crippen LogP) is 1.17. The summed E-state index contributed by atoms with van der Waals surface area (Å²) in [5.74, 6) is 2.68. The fraction of sp³-hybridized carbons (Fsp3) is 0.385. The first kappa shape index (κ1) is 11.2. The Morgan fingerprint density at radius 2 is 2.06 bits per heavy atom. The molecule has 18 heavy (non-hydrogen) atoms. The fourth-order valence-corrected chi connectivity index (χ4v) is 2.42. The maximum Gasteiger partial charge on any atom is 0.163 e. The molecule has 0 spiro atoms. The number of phenolic OH excluding ortho intramolecular Hbond substituents is 1. The van der Waals surface area contributed by atoms with Crippen LogP contribution in [0.2, 0.25) is 0 Å². The molecule has 3 N–H and O–H groups in total. The maximum atomic E-state index is 9.30. The number of rotatable bonds is 2. The van der Waals surface area contributed by atoms with Crippen LogP contribution >= 0.6 is 0 Å². The Balaban J connectivity index is 1.96. The van der Waals surface area contributed by atoms with E-state index in [0.29, 0.717) is 12.5 Å². The molecule has 3 rings (SSSR count). The van der Waals surface area contributed by atoms with E-state index in [1.165, 1.54) is 0 Å². The van der Waals surface area contributed by atoms with E-state index in [0.717, 1.165) is 36.6 Å². The van der Waals surface area contributed by atoms with Crippen molar-refractivity contribution in [2.24, 2.45) is 11.7 Å². The van der Waals surface area contributed by atoms with Gasteiger partial charge >= 0.3 is 0 Å². The number of phenols is 1. The molecular weight excluding hydrogens is 228 g/mol. The molecule has 0 radical (unpaired) electrons. The number of fused-ring (bicyclic) bond motifs is 1. The minimum absolute atomic E-state index is 0.264. The van der Waals surface area contributed by atoms with Crippen molar-refractivity contribution in [1.82, 2.24) is 14.8 Å². The van der Waals surface area contributed by atoms with Crippen molar-refractivity contribution < 1.29 is 5.11 Å². The highest BCUT2D eigenvalue weighted by molar-refractivity contribution is 5.56. The van der Waals surface area contributed by atoms with E-state index in [-0.39, 0.29) is 5.75 Å². The van der Waals surface area contributed by atoms with Gasteiger partial charge in [0.25, 0.3) is 0 Å². The van der Waals surface area contributed by atoms with E-state index in [1.807, 2.05) is 12.1 Å². The average Bonchev–Trinajstić information content (AvgIpc) is 2.82. The normalized spacial score (nSPS) is 18.6. The van der Waals surface area contributed by atoms with E-state index in [2.05, 4.69) is 14.8 Å². The van der Waals surface area contributed by atoms with E-state index in [4.69, 9.17) is 5.73 Å². The summed E-state index contributed by atoms with van der Waals surface area (Å²) < 4.78 is 2.15. The van der Waals surface area contributed by atoms with Crippen molar-refractivity contribution in [3.63, 3.8) is 0 Å². The van der Waals surface area contributed by atoms with E-state index in [9.17, 15) is 5.11 Å². The summed E-state index contributed by atoms with van der Waals surface area (Å²) in [6.07, 6.45) is 1.98. The van der Waals surface area contributed by atoms with Crippen LogP contribution < -0.4 is 5.73 Å². The molecule has 0 saturated heterocycles. The summed E-state index contributed by atoms with van der Waals surface area (Å²) in [5.41, 5.74) is 6.69. The van der Waals surface area contributed by atoms with Gasteiger partial charge in [0.2, 0.25) is 0 Å². The smallest absolute Gasteiger partial charge is 0.163 e. The predicted molar refractivity (Wildman–Crippen MR) is 68.0 cm³/mol. The lowest BCUT2D eigenvalue weighted by Crippen LogP contribution is -2.25. The number of hydrogen-bond acceptors (Lipinski definition) is 4. The minimum atomic E-state index is 0.264. The summed E-state index contributed by atoms with van der Waals surface area (Å²) in [5, 5.41) is 17.8. The Bertz CT molecular complexity index is 547. The second-order valence-corrected chi connectivity index (χ2v) is 4.73. The van der Waals surface area contributed by atoms with Crippen LogP contribution in [0.25, 0.3) is 11.4 Å². The number of benzene rings is 1. The molecule has 5 nitrogen and oxygen atoms in total. The Morgan fingerprint density at radius 3 is 2.78 bits per heavy atom. The first-order valence-electron chi connectivity index (χ1n) is 6.19. The zero-order valence-corrected chi connectivity index (χ0v) is 10.1. The molecule has 5 heteroatoms. The van der Waals surface area contributed by atoms with Gasteiger partial charge in [-0.15, -0.1) is 10.2 Å². The fourth-order valence-electron chi connectivity index (χ4n) is 2.42. The standard InChI is InChI=1S/C13H16N4O/c14-8-9-5-6-17-12(7-9)15-16-13(17)10-1-3-11(18)4-2-10/h1-4,9,18H,5-8,14H2. The highest BCUT2D eigenvalue weighted by Gasteiger charge is 2.22. The van der Waals surface area contributed by atoms with Gasteiger partial charge < -0.3 is 15.4 Å². The van der Waals surface area contributed by atoms with Crippen LogP contribution in [0.1, 0.15) is 12.2 Å². The molecule has 0 amide bonds. The van der Waals surface area contributed by atoms with Crippen LogP contribution in [0.4, 0.5) is 0 Å². The van der Waals surface area contributed by atoms with Crippen LogP contribution in [0.5, 0.6) is 5.75 Å². The van der Waals surface area contributed by atoms with Crippen molar-refractivity contribution >= 4 is 0 Å². The van der Waals surface area contributed by atoms with Gasteiger partial charge in [0, 0.05) is 18.5 Å². The van der Waals surface area contributed by atoms with Crippen LogP contribution in [0.3, 0.4) is 0 Å². The van der Waals surface area contributed by atoms with Gasteiger partial charge in [-0.05, 0) is 43.1 Å².